The summed E-state index contributed by atoms with van der Waals surface area (Å²) in [5.74, 6) is -1.39. The molecule has 20 heavy (non-hydrogen) atoms. The number of aliphatic carboxylic acids is 1. The van der Waals surface area contributed by atoms with Crippen LogP contribution in [0.1, 0.15) is 46.6 Å². The first kappa shape index (κ1) is 16.6. The number of unbranched alkanes of at least 4 members (excludes halogenated alkanes) is 1. The molecule has 112 valence electrons. The zero-order chi connectivity index (χ0) is 15.1. The van der Waals surface area contributed by atoms with Gasteiger partial charge >= 0.3 is 5.97 Å². The Morgan fingerprint density at radius 1 is 1.50 bits per heavy atom. The van der Waals surface area contributed by atoms with Crippen molar-refractivity contribution in [3.05, 3.63) is 15.6 Å². The molecule has 0 bridgehead atoms. The normalized spacial score (nSPS) is 12.2. The zero-order valence-corrected chi connectivity index (χ0v) is 12.7. The first-order valence-electron chi connectivity index (χ1n) is 6.48. The number of nitrogens with one attached hydrogen (secondary N) is 1. The fourth-order valence-electron chi connectivity index (χ4n) is 1.74. The summed E-state index contributed by atoms with van der Waals surface area (Å²) in [6.45, 7) is 4.05. The van der Waals surface area contributed by atoms with E-state index >= 15 is 0 Å². The van der Waals surface area contributed by atoms with Crippen LogP contribution >= 0.6 is 11.3 Å². The molecule has 1 unspecified atom stereocenters. The number of rotatable bonds is 8. The molecule has 1 amide bonds. The van der Waals surface area contributed by atoms with Gasteiger partial charge in [-0.05, 0) is 13.3 Å². The number of carbonyl (C=O) groups is 2. The summed E-state index contributed by atoms with van der Waals surface area (Å²) in [5, 5.41) is 12.4. The number of ether oxygens (including phenoxy) is 1. The van der Waals surface area contributed by atoms with Crippen LogP contribution in [0.3, 0.4) is 0 Å². The maximum Gasteiger partial charge on any atom is 0.326 e. The fraction of sp³-hybridized carbons (Fsp3) is 0.615. The molecule has 0 fully saturated rings. The number of nitrogens with zero attached hydrogens (tertiary/aromatic N) is 1. The lowest BCUT2D eigenvalue weighted by Crippen LogP contribution is -2.40. The molecule has 1 heterocycles. The molecule has 0 saturated heterocycles. The van der Waals surface area contributed by atoms with E-state index in [9.17, 15) is 9.59 Å². The van der Waals surface area contributed by atoms with E-state index in [4.69, 9.17) is 9.84 Å². The van der Waals surface area contributed by atoms with E-state index in [1.165, 1.54) is 11.3 Å². The van der Waals surface area contributed by atoms with Gasteiger partial charge in [-0.2, -0.15) is 0 Å². The summed E-state index contributed by atoms with van der Waals surface area (Å²) < 4.78 is 4.97. The molecule has 1 atom stereocenters. The smallest absolute Gasteiger partial charge is 0.326 e. The molecule has 1 rings (SSSR count). The van der Waals surface area contributed by atoms with Gasteiger partial charge in [-0.15, -0.1) is 11.3 Å². The van der Waals surface area contributed by atoms with Crippen LogP contribution < -0.4 is 5.32 Å². The van der Waals surface area contributed by atoms with Gasteiger partial charge in [-0.1, -0.05) is 19.8 Å². The molecular weight excluding hydrogens is 280 g/mol. The predicted molar refractivity (Wildman–Crippen MR) is 76.0 cm³/mol. The highest BCUT2D eigenvalue weighted by atomic mass is 32.1. The second-order valence-corrected chi connectivity index (χ2v) is 5.55. The van der Waals surface area contributed by atoms with Crippen LogP contribution in [0.25, 0.3) is 0 Å². The number of aromatic nitrogens is 1. The number of hydrogen-bond donors (Lipinski definition) is 2. The van der Waals surface area contributed by atoms with Gasteiger partial charge in [0.2, 0.25) is 0 Å². The third kappa shape index (κ3) is 4.57. The summed E-state index contributed by atoms with van der Waals surface area (Å²) in [6, 6.07) is -0.852. The van der Waals surface area contributed by atoms with Gasteiger partial charge in [0.25, 0.3) is 5.91 Å². The predicted octanol–water partition coefficient (Wildman–Crippen LogP) is 1.97. The van der Waals surface area contributed by atoms with Crippen LogP contribution in [0, 0.1) is 6.92 Å². The van der Waals surface area contributed by atoms with Gasteiger partial charge in [-0.3, -0.25) is 4.79 Å². The standard InChI is InChI=1S/C13H20N2O4S/c1-4-5-6-9(13(17)18)15-12(16)11-8(2)14-10(20-11)7-19-3/h9H,4-7H2,1-3H3,(H,15,16)(H,17,18). The lowest BCUT2D eigenvalue weighted by atomic mass is 10.1. The van der Waals surface area contributed by atoms with E-state index in [1.807, 2.05) is 6.92 Å². The Hall–Kier alpha value is -1.47. The Morgan fingerprint density at radius 2 is 2.20 bits per heavy atom. The van der Waals surface area contributed by atoms with Crippen molar-refractivity contribution in [2.24, 2.45) is 0 Å². The van der Waals surface area contributed by atoms with E-state index in [-0.39, 0.29) is 5.91 Å². The molecule has 0 aliphatic heterocycles. The number of carboxylic acids is 1. The summed E-state index contributed by atoms with van der Waals surface area (Å²) in [5.41, 5.74) is 0.596. The van der Waals surface area contributed by atoms with E-state index in [2.05, 4.69) is 10.3 Å². The van der Waals surface area contributed by atoms with Gasteiger partial charge in [0, 0.05) is 7.11 Å². The van der Waals surface area contributed by atoms with Crippen LogP contribution in [0.4, 0.5) is 0 Å². The molecule has 0 spiro atoms. The second kappa shape index (κ2) is 7.96. The molecule has 6 nitrogen and oxygen atoms in total. The Balaban J connectivity index is 2.75. The van der Waals surface area contributed by atoms with Gasteiger partial charge in [0.1, 0.15) is 15.9 Å². The number of carbonyl (C=O) groups excluding carboxylic acids is 1. The molecule has 0 aromatic carbocycles. The topological polar surface area (TPSA) is 88.5 Å². The van der Waals surface area contributed by atoms with Crippen molar-refractivity contribution in [3.8, 4) is 0 Å². The highest BCUT2D eigenvalue weighted by molar-refractivity contribution is 7.13. The van der Waals surface area contributed by atoms with Gasteiger partial charge in [-0.25, -0.2) is 9.78 Å². The summed E-state index contributed by atoms with van der Waals surface area (Å²) in [4.78, 5) is 27.9. The minimum absolute atomic E-state index is 0.344. The van der Waals surface area contributed by atoms with Crippen LogP contribution in [0.15, 0.2) is 0 Å². The molecule has 0 saturated carbocycles. The monoisotopic (exact) mass is 300 g/mol. The maximum atomic E-state index is 12.1. The largest absolute Gasteiger partial charge is 0.480 e. The molecule has 0 radical (unpaired) electrons. The third-order valence-electron chi connectivity index (χ3n) is 2.76. The fourth-order valence-corrected chi connectivity index (χ4v) is 2.68. The van der Waals surface area contributed by atoms with Crippen molar-refractivity contribution in [2.45, 2.75) is 45.8 Å². The number of amides is 1. The number of carboxylic acid groups (broad SMARTS) is 1. The van der Waals surface area contributed by atoms with E-state index in [0.717, 1.165) is 12.8 Å². The van der Waals surface area contributed by atoms with Crippen molar-refractivity contribution in [2.75, 3.05) is 7.11 Å². The molecule has 7 heteroatoms. The Labute approximate surface area is 122 Å². The first-order valence-corrected chi connectivity index (χ1v) is 7.30. The van der Waals surface area contributed by atoms with E-state index in [0.29, 0.717) is 28.6 Å². The van der Waals surface area contributed by atoms with E-state index in [1.54, 1.807) is 14.0 Å². The van der Waals surface area contributed by atoms with Crippen molar-refractivity contribution >= 4 is 23.2 Å². The van der Waals surface area contributed by atoms with Crippen LogP contribution in [0.2, 0.25) is 0 Å². The van der Waals surface area contributed by atoms with E-state index < -0.39 is 12.0 Å². The molecule has 0 aliphatic rings. The van der Waals surface area contributed by atoms with Crippen molar-refractivity contribution in [3.63, 3.8) is 0 Å². The Kier molecular flexibility index (Phi) is 6.60. The highest BCUT2D eigenvalue weighted by Crippen LogP contribution is 2.19. The number of thiazole rings is 1. The minimum Gasteiger partial charge on any atom is -0.480 e. The Morgan fingerprint density at radius 3 is 2.75 bits per heavy atom. The van der Waals surface area contributed by atoms with Gasteiger partial charge in [0.15, 0.2) is 0 Å². The molecular formula is C13H20N2O4S. The lowest BCUT2D eigenvalue weighted by Gasteiger charge is -2.13. The third-order valence-corrected chi connectivity index (χ3v) is 3.89. The molecule has 1 aromatic rings. The summed E-state index contributed by atoms with van der Waals surface area (Å²) >= 11 is 1.23. The van der Waals surface area contributed by atoms with Crippen molar-refractivity contribution in [1.82, 2.24) is 10.3 Å². The second-order valence-electron chi connectivity index (χ2n) is 4.46. The Bertz CT molecular complexity index is 473. The van der Waals surface area contributed by atoms with Gasteiger partial charge in [0.05, 0.1) is 12.3 Å². The minimum atomic E-state index is -1.01. The molecule has 0 aliphatic carbocycles. The van der Waals surface area contributed by atoms with Crippen molar-refractivity contribution < 1.29 is 19.4 Å². The summed E-state index contributed by atoms with van der Waals surface area (Å²) in [6.07, 6.45) is 2.07. The number of aryl methyl sites for hydroxylation is 1. The lowest BCUT2D eigenvalue weighted by molar-refractivity contribution is -0.139. The van der Waals surface area contributed by atoms with Crippen molar-refractivity contribution in [1.29, 1.82) is 0 Å². The average Bonchev–Trinajstić information content (AvgIpc) is 2.75. The summed E-state index contributed by atoms with van der Waals surface area (Å²) in [7, 11) is 1.56. The quantitative estimate of drug-likeness (QED) is 0.766. The SMILES string of the molecule is CCCCC(NC(=O)c1sc(COC)nc1C)C(=O)O. The zero-order valence-electron chi connectivity index (χ0n) is 11.9. The maximum absolute atomic E-state index is 12.1. The average molecular weight is 300 g/mol. The van der Waals surface area contributed by atoms with Gasteiger partial charge < -0.3 is 15.2 Å². The highest BCUT2D eigenvalue weighted by Gasteiger charge is 2.22. The number of methoxy groups -OCH3 is 1. The van der Waals surface area contributed by atoms with Crippen LogP contribution in [0.5, 0.6) is 0 Å². The first-order chi connectivity index (χ1) is 9.49. The molecule has 1 aromatic heterocycles. The molecule has 2 N–H and O–H groups in total. The van der Waals surface area contributed by atoms with Crippen LogP contribution in [-0.2, 0) is 16.1 Å². The van der Waals surface area contributed by atoms with Crippen LogP contribution in [-0.4, -0.2) is 35.1 Å². The number of hydrogen-bond acceptors (Lipinski definition) is 5.